The van der Waals surface area contributed by atoms with Crippen LogP contribution in [0.4, 0.5) is 14.6 Å². The number of halogens is 2. The number of pyridine rings is 1. The van der Waals surface area contributed by atoms with Crippen LogP contribution in [0.1, 0.15) is 34.9 Å². The third-order valence-electron chi connectivity index (χ3n) is 6.78. The molecule has 1 aliphatic heterocycles. The average molecular weight is 489 g/mol. The second kappa shape index (κ2) is 8.36. The van der Waals surface area contributed by atoms with E-state index in [4.69, 9.17) is 0 Å². The molecular weight excluding hydrogens is 468 g/mol. The molecule has 9 nitrogen and oxygen atoms in total. The third kappa shape index (κ3) is 3.55. The zero-order chi connectivity index (χ0) is 25.0. The van der Waals surface area contributed by atoms with Gasteiger partial charge >= 0.3 is 5.69 Å². The number of carbonyl (C=O) groups is 1. The van der Waals surface area contributed by atoms with Crippen molar-refractivity contribution in [1.29, 1.82) is 0 Å². The van der Waals surface area contributed by atoms with Gasteiger partial charge in [-0.15, -0.1) is 0 Å². The van der Waals surface area contributed by atoms with E-state index in [0.29, 0.717) is 37.4 Å². The number of rotatable bonds is 4. The molecule has 1 N–H and O–H groups in total. The molecule has 0 radical (unpaired) electrons. The number of nitrogens with one attached hydrogen (secondary N) is 1. The molecule has 5 heterocycles. The van der Waals surface area contributed by atoms with Gasteiger partial charge in [-0.25, -0.2) is 28.5 Å². The standard InChI is InChI=1S/C25H21F2N7O2/c1-32-12-16(22-17(27)9-14(26)10-20(22)32)23(35)18-11-21(30-13-29-18)33-7-4-15(5-8-33)34-19-3-2-6-28-24(19)31-25(34)36/h2-3,6,9-13,15H,4-5,7-8H2,1H3,(H,28,31,36). The highest BCUT2D eigenvalue weighted by Gasteiger charge is 2.26. The number of imidazole rings is 1. The minimum atomic E-state index is -0.798. The van der Waals surface area contributed by atoms with Gasteiger partial charge in [-0.2, -0.15) is 0 Å². The summed E-state index contributed by atoms with van der Waals surface area (Å²) >= 11 is 0. The number of aromatic amines is 1. The number of aromatic nitrogens is 6. The van der Waals surface area contributed by atoms with Crippen molar-refractivity contribution in [2.45, 2.75) is 18.9 Å². The van der Waals surface area contributed by atoms with Gasteiger partial charge in [-0.05, 0) is 31.0 Å². The van der Waals surface area contributed by atoms with Crippen LogP contribution in [0.15, 0.2) is 53.8 Å². The highest BCUT2D eigenvalue weighted by molar-refractivity contribution is 6.15. The number of carbonyl (C=O) groups excluding carboxylic acids is 1. The lowest BCUT2D eigenvalue weighted by atomic mass is 10.0. The molecule has 0 amide bonds. The van der Waals surface area contributed by atoms with E-state index in [1.165, 1.54) is 23.2 Å². The fourth-order valence-electron chi connectivity index (χ4n) is 5.06. The number of ketones is 1. The van der Waals surface area contributed by atoms with Crippen LogP contribution < -0.4 is 10.6 Å². The van der Waals surface area contributed by atoms with E-state index >= 15 is 0 Å². The Morgan fingerprint density at radius 1 is 1.08 bits per heavy atom. The largest absolute Gasteiger partial charge is 0.356 e. The zero-order valence-electron chi connectivity index (χ0n) is 19.3. The number of hydrogen-bond acceptors (Lipinski definition) is 6. The molecule has 182 valence electrons. The molecule has 11 heteroatoms. The van der Waals surface area contributed by atoms with Gasteiger partial charge in [0.1, 0.15) is 29.5 Å². The van der Waals surface area contributed by atoms with Crippen molar-refractivity contribution in [2.75, 3.05) is 18.0 Å². The second-order valence-electron chi connectivity index (χ2n) is 8.92. The molecule has 0 spiro atoms. The number of benzene rings is 1. The lowest BCUT2D eigenvalue weighted by molar-refractivity contribution is 0.103. The van der Waals surface area contributed by atoms with Gasteiger partial charge in [-0.3, -0.25) is 14.3 Å². The van der Waals surface area contributed by atoms with Crippen LogP contribution in [0.3, 0.4) is 0 Å². The van der Waals surface area contributed by atoms with Gasteiger partial charge in [0.25, 0.3) is 0 Å². The topological polar surface area (TPSA) is 102 Å². The summed E-state index contributed by atoms with van der Waals surface area (Å²) in [5.41, 5.74) is 1.68. The summed E-state index contributed by atoms with van der Waals surface area (Å²) in [4.78, 5) is 43.3. The summed E-state index contributed by atoms with van der Waals surface area (Å²) in [6, 6.07) is 7.24. The van der Waals surface area contributed by atoms with Crippen LogP contribution in [0, 0.1) is 11.6 Å². The van der Waals surface area contributed by atoms with Crippen LogP contribution in [-0.2, 0) is 7.05 Å². The molecule has 0 aliphatic carbocycles. The number of hydrogen-bond donors (Lipinski definition) is 1. The first-order chi connectivity index (χ1) is 17.4. The maximum atomic E-state index is 14.6. The molecule has 1 fully saturated rings. The molecule has 6 rings (SSSR count). The Bertz CT molecular complexity index is 1700. The minimum Gasteiger partial charge on any atom is -0.356 e. The molecule has 0 saturated carbocycles. The van der Waals surface area contributed by atoms with E-state index < -0.39 is 17.4 Å². The molecule has 0 atom stereocenters. The number of H-pyrrole nitrogens is 1. The molecule has 1 aliphatic rings. The summed E-state index contributed by atoms with van der Waals surface area (Å²) in [6.07, 6.45) is 5.84. The Balaban J connectivity index is 1.25. The first-order valence-corrected chi connectivity index (χ1v) is 11.5. The van der Waals surface area contributed by atoms with Gasteiger partial charge in [0.05, 0.1) is 16.6 Å². The Labute approximate surface area is 203 Å². The second-order valence-corrected chi connectivity index (χ2v) is 8.92. The predicted molar refractivity (Wildman–Crippen MR) is 129 cm³/mol. The first-order valence-electron chi connectivity index (χ1n) is 11.5. The highest BCUT2D eigenvalue weighted by Crippen LogP contribution is 2.29. The Hall–Kier alpha value is -4.41. The van der Waals surface area contributed by atoms with Crippen LogP contribution in [0.25, 0.3) is 22.1 Å². The summed E-state index contributed by atoms with van der Waals surface area (Å²) in [5.74, 6) is -1.40. The maximum Gasteiger partial charge on any atom is 0.327 e. The van der Waals surface area contributed by atoms with Crippen molar-refractivity contribution in [3.8, 4) is 0 Å². The van der Waals surface area contributed by atoms with Crippen molar-refractivity contribution < 1.29 is 13.6 Å². The van der Waals surface area contributed by atoms with E-state index in [1.807, 2.05) is 11.0 Å². The average Bonchev–Trinajstić information content (AvgIpc) is 3.40. The van der Waals surface area contributed by atoms with Crippen LogP contribution >= 0.6 is 0 Å². The molecule has 1 aromatic carbocycles. The fraction of sp³-hybridized carbons (Fsp3) is 0.240. The summed E-state index contributed by atoms with van der Waals surface area (Å²) < 4.78 is 31.5. The minimum absolute atomic E-state index is 0.00805. The Morgan fingerprint density at radius 2 is 1.89 bits per heavy atom. The van der Waals surface area contributed by atoms with Crippen molar-refractivity contribution in [2.24, 2.45) is 7.05 Å². The van der Waals surface area contributed by atoms with Crippen LogP contribution in [-0.4, -0.2) is 47.9 Å². The monoisotopic (exact) mass is 489 g/mol. The Morgan fingerprint density at radius 3 is 2.69 bits per heavy atom. The summed E-state index contributed by atoms with van der Waals surface area (Å²) in [5, 5.41) is 0.0588. The SMILES string of the molecule is Cn1cc(C(=O)c2cc(N3CCC(n4c(=O)[nH]c5ncccc54)CC3)ncn2)c2c(F)cc(F)cc21. The highest BCUT2D eigenvalue weighted by atomic mass is 19.1. The number of piperidine rings is 1. The van der Waals surface area contributed by atoms with Crippen LogP contribution in [0.2, 0.25) is 0 Å². The van der Waals surface area contributed by atoms with Gasteiger partial charge in [-0.1, -0.05) is 0 Å². The molecule has 0 bridgehead atoms. The van der Waals surface area contributed by atoms with E-state index in [-0.39, 0.29) is 33.9 Å². The normalized spacial score (nSPS) is 14.7. The zero-order valence-corrected chi connectivity index (χ0v) is 19.3. The lowest BCUT2D eigenvalue weighted by Crippen LogP contribution is -2.37. The number of nitrogens with zero attached hydrogens (tertiary/aromatic N) is 6. The van der Waals surface area contributed by atoms with Gasteiger partial charge in [0, 0.05) is 56.1 Å². The number of fused-ring (bicyclic) bond motifs is 2. The van der Waals surface area contributed by atoms with Crippen molar-refractivity contribution in [3.63, 3.8) is 0 Å². The van der Waals surface area contributed by atoms with Gasteiger partial charge in [0.15, 0.2) is 5.65 Å². The number of aryl methyl sites for hydroxylation is 1. The molecule has 36 heavy (non-hydrogen) atoms. The van der Waals surface area contributed by atoms with Crippen molar-refractivity contribution in [3.05, 3.63) is 82.4 Å². The molecular formula is C25H21F2N7O2. The summed E-state index contributed by atoms with van der Waals surface area (Å²) in [7, 11) is 1.63. The maximum absolute atomic E-state index is 14.6. The first kappa shape index (κ1) is 22.1. The smallest absolute Gasteiger partial charge is 0.327 e. The molecule has 1 saturated heterocycles. The summed E-state index contributed by atoms with van der Waals surface area (Å²) in [6.45, 7) is 1.24. The van der Waals surface area contributed by atoms with Gasteiger partial charge < -0.3 is 9.47 Å². The third-order valence-corrected chi connectivity index (χ3v) is 6.78. The number of anilines is 1. The van der Waals surface area contributed by atoms with E-state index in [2.05, 4.69) is 19.9 Å². The van der Waals surface area contributed by atoms with Gasteiger partial charge in [0.2, 0.25) is 5.78 Å². The van der Waals surface area contributed by atoms with E-state index in [1.54, 1.807) is 29.9 Å². The molecule has 0 unspecified atom stereocenters. The van der Waals surface area contributed by atoms with Crippen molar-refractivity contribution in [1.82, 2.24) is 29.1 Å². The van der Waals surface area contributed by atoms with E-state index in [0.717, 1.165) is 11.6 Å². The fourth-order valence-corrected chi connectivity index (χ4v) is 5.06. The molecule has 5 aromatic rings. The molecule has 4 aromatic heterocycles. The predicted octanol–water partition coefficient (Wildman–Crippen LogP) is 3.36. The van der Waals surface area contributed by atoms with E-state index in [9.17, 15) is 18.4 Å². The lowest BCUT2D eigenvalue weighted by Gasteiger charge is -2.33. The Kier molecular flexibility index (Phi) is 5.13. The van der Waals surface area contributed by atoms with Crippen LogP contribution in [0.5, 0.6) is 0 Å². The quantitative estimate of drug-likeness (QED) is 0.389. The van der Waals surface area contributed by atoms with Crippen molar-refractivity contribution >= 4 is 33.7 Å².